The van der Waals surface area contributed by atoms with Crippen LogP contribution in [0.1, 0.15) is 27.0 Å². The Morgan fingerprint density at radius 1 is 1.04 bits per heavy atom. The Morgan fingerprint density at radius 3 is 2.50 bits per heavy atom. The molecule has 0 aliphatic rings. The second-order valence-electron chi connectivity index (χ2n) is 6.78. The second-order valence-corrected chi connectivity index (χ2v) is 6.78. The lowest BCUT2D eigenvalue weighted by Gasteiger charge is -2.06. The number of carbonyl (C=O) groups is 1. The lowest BCUT2D eigenvalue weighted by Crippen LogP contribution is -2.23. The molecule has 28 heavy (non-hydrogen) atoms. The monoisotopic (exact) mass is 374 g/mol. The fraction of sp³-hybridized carbons (Fsp3) is 0.130. The third kappa shape index (κ3) is 3.51. The van der Waals surface area contributed by atoms with Gasteiger partial charge in [0.2, 0.25) is 5.89 Å². The standard InChI is InChI=1S/C23H19FN2O2/c1-14-11-20-21(12-15(14)2)28-23(26-20)17-9-7-16(8-10-17)13-25-22(27)18-5-3-4-6-19(18)24/h3-12H,13H2,1-2H3,(H,25,27). The van der Waals surface area contributed by atoms with Gasteiger partial charge in [0.05, 0.1) is 5.56 Å². The highest BCUT2D eigenvalue weighted by Crippen LogP contribution is 2.26. The van der Waals surface area contributed by atoms with Gasteiger partial charge in [0.1, 0.15) is 11.3 Å². The minimum absolute atomic E-state index is 0.0381. The van der Waals surface area contributed by atoms with Gasteiger partial charge < -0.3 is 9.73 Å². The number of carbonyl (C=O) groups excluding carboxylic acids is 1. The Bertz CT molecular complexity index is 1120. The molecule has 0 saturated heterocycles. The fourth-order valence-electron chi connectivity index (χ4n) is 2.99. The number of halogens is 1. The Hall–Kier alpha value is -3.47. The third-order valence-electron chi connectivity index (χ3n) is 4.78. The zero-order valence-electron chi connectivity index (χ0n) is 15.6. The zero-order valence-corrected chi connectivity index (χ0v) is 15.6. The molecule has 0 unspecified atom stereocenters. The Morgan fingerprint density at radius 2 is 1.75 bits per heavy atom. The summed E-state index contributed by atoms with van der Waals surface area (Å²) in [7, 11) is 0. The van der Waals surface area contributed by atoms with Gasteiger partial charge in [-0.1, -0.05) is 24.3 Å². The van der Waals surface area contributed by atoms with Crippen LogP contribution in [0.15, 0.2) is 65.1 Å². The maximum absolute atomic E-state index is 13.7. The molecular weight excluding hydrogens is 355 g/mol. The summed E-state index contributed by atoms with van der Waals surface area (Å²) in [5.41, 5.74) is 5.73. The molecule has 140 valence electrons. The number of nitrogens with zero attached hydrogens (tertiary/aromatic N) is 1. The zero-order chi connectivity index (χ0) is 19.7. The van der Waals surface area contributed by atoms with Gasteiger partial charge in [0.25, 0.3) is 5.91 Å². The van der Waals surface area contributed by atoms with E-state index in [2.05, 4.69) is 10.3 Å². The molecule has 1 N–H and O–H groups in total. The van der Waals surface area contributed by atoms with Gasteiger partial charge in [0, 0.05) is 12.1 Å². The minimum atomic E-state index is -0.531. The first-order chi connectivity index (χ1) is 13.5. The maximum atomic E-state index is 13.7. The van der Waals surface area contributed by atoms with Gasteiger partial charge in [-0.2, -0.15) is 0 Å². The van der Waals surface area contributed by atoms with Crippen LogP contribution in [0.4, 0.5) is 4.39 Å². The van der Waals surface area contributed by atoms with Gasteiger partial charge in [-0.3, -0.25) is 4.79 Å². The summed E-state index contributed by atoms with van der Waals surface area (Å²) in [4.78, 5) is 16.7. The summed E-state index contributed by atoms with van der Waals surface area (Å²) in [6.07, 6.45) is 0. The molecule has 3 aromatic carbocycles. The normalized spacial score (nSPS) is 11.0. The molecule has 1 amide bonds. The molecule has 0 radical (unpaired) electrons. The molecule has 0 bridgehead atoms. The SMILES string of the molecule is Cc1cc2nc(-c3ccc(CNC(=O)c4ccccc4F)cc3)oc2cc1C. The predicted molar refractivity (Wildman–Crippen MR) is 106 cm³/mol. The quantitative estimate of drug-likeness (QED) is 0.535. The first-order valence-electron chi connectivity index (χ1n) is 9.01. The fourth-order valence-corrected chi connectivity index (χ4v) is 2.99. The van der Waals surface area contributed by atoms with Crippen molar-refractivity contribution in [3.63, 3.8) is 0 Å². The average Bonchev–Trinajstić information content (AvgIpc) is 3.10. The lowest BCUT2D eigenvalue weighted by molar-refractivity contribution is 0.0947. The summed E-state index contributed by atoms with van der Waals surface area (Å²) >= 11 is 0. The van der Waals surface area contributed by atoms with E-state index in [4.69, 9.17) is 4.42 Å². The summed E-state index contributed by atoms with van der Waals surface area (Å²) in [5.74, 6) is -0.411. The first kappa shape index (κ1) is 17.9. The Labute approximate surface area is 162 Å². The number of benzene rings is 3. The molecule has 4 aromatic rings. The van der Waals surface area contributed by atoms with Gasteiger partial charge >= 0.3 is 0 Å². The molecule has 0 aliphatic carbocycles. The van der Waals surface area contributed by atoms with Crippen LogP contribution in [0.2, 0.25) is 0 Å². The van der Waals surface area contributed by atoms with E-state index >= 15 is 0 Å². The summed E-state index contributed by atoms with van der Waals surface area (Å²) in [6.45, 7) is 4.40. The van der Waals surface area contributed by atoms with Crippen molar-refractivity contribution >= 4 is 17.0 Å². The highest BCUT2D eigenvalue weighted by molar-refractivity contribution is 5.94. The van der Waals surface area contributed by atoms with E-state index in [0.29, 0.717) is 12.4 Å². The van der Waals surface area contributed by atoms with Crippen LogP contribution in [0, 0.1) is 19.7 Å². The predicted octanol–water partition coefficient (Wildman–Crippen LogP) is 5.18. The number of amides is 1. The number of aromatic nitrogens is 1. The number of fused-ring (bicyclic) bond motifs is 1. The van der Waals surface area contributed by atoms with Crippen LogP contribution in [0.25, 0.3) is 22.6 Å². The first-order valence-corrected chi connectivity index (χ1v) is 9.01. The van der Waals surface area contributed by atoms with E-state index in [-0.39, 0.29) is 5.56 Å². The molecule has 4 rings (SSSR count). The van der Waals surface area contributed by atoms with E-state index in [0.717, 1.165) is 27.8 Å². The summed E-state index contributed by atoms with van der Waals surface area (Å²) in [6, 6.07) is 17.5. The van der Waals surface area contributed by atoms with Crippen molar-refractivity contribution in [2.24, 2.45) is 0 Å². The smallest absolute Gasteiger partial charge is 0.254 e. The van der Waals surface area contributed by atoms with Crippen molar-refractivity contribution in [3.05, 3.63) is 88.7 Å². The summed E-state index contributed by atoms with van der Waals surface area (Å²) in [5, 5.41) is 2.73. The van der Waals surface area contributed by atoms with E-state index in [1.165, 1.54) is 17.7 Å². The van der Waals surface area contributed by atoms with Gasteiger partial charge in [-0.15, -0.1) is 0 Å². The highest BCUT2D eigenvalue weighted by atomic mass is 19.1. The topological polar surface area (TPSA) is 55.1 Å². The van der Waals surface area contributed by atoms with Crippen molar-refractivity contribution in [2.75, 3.05) is 0 Å². The molecule has 0 saturated carbocycles. The molecule has 0 atom stereocenters. The number of hydrogen-bond acceptors (Lipinski definition) is 3. The highest BCUT2D eigenvalue weighted by Gasteiger charge is 2.12. The van der Waals surface area contributed by atoms with Crippen molar-refractivity contribution in [1.82, 2.24) is 10.3 Å². The van der Waals surface area contributed by atoms with E-state index < -0.39 is 11.7 Å². The van der Waals surface area contributed by atoms with E-state index in [1.807, 2.05) is 50.2 Å². The number of nitrogens with one attached hydrogen (secondary N) is 1. The van der Waals surface area contributed by atoms with Crippen LogP contribution < -0.4 is 5.32 Å². The van der Waals surface area contributed by atoms with E-state index in [9.17, 15) is 9.18 Å². The molecule has 5 heteroatoms. The minimum Gasteiger partial charge on any atom is -0.436 e. The van der Waals surface area contributed by atoms with Gasteiger partial charge in [-0.05, 0) is 66.9 Å². The average molecular weight is 374 g/mol. The van der Waals surface area contributed by atoms with Crippen LogP contribution in [0.3, 0.4) is 0 Å². The second kappa shape index (κ2) is 7.27. The molecule has 0 spiro atoms. The van der Waals surface area contributed by atoms with Crippen LogP contribution in [0.5, 0.6) is 0 Å². The third-order valence-corrected chi connectivity index (χ3v) is 4.78. The van der Waals surface area contributed by atoms with Gasteiger partial charge in [-0.25, -0.2) is 9.37 Å². The lowest BCUT2D eigenvalue weighted by atomic mass is 10.1. The molecular formula is C23H19FN2O2. The molecule has 0 fully saturated rings. The van der Waals surface area contributed by atoms with Gasteiger partial charge in [0.15, 0.2) is 5.58 Å². The molecule has 0 aliphatic heterocycles. The molecule has 1 aromatic heterocycles. The van der Waals surface area contributed by atoms with Crippen molar-refractivity contribution in [3.8, 4) is 11.5 Å². The van der Waals surface area contributed by atoms with Crippen LogP contribution in [-0.4, -0.2) is 10.9 Å². The number of hydrogen-bond donors (Lipinski definition) is 1. The Balaban J connectivity index is 1.48. The van der Waals surface area contributed by atoms with Crippen molar-refractivity contribution in [1.29, 1.82) is 0 Å². The summed E-state index contributed by atoms with van der Waals surface area (Å²) < 4.78 is 19.5. The van der Waals surface area contributed by atoms with Crippen LogP contribution >= 0.6 is 0 Å². The Kier molecular flexibility index (Phi) is 4.65. The van der Waals surface area contributed by atoms with Crippen molar-refractivity contribution in [2.45, 2.75) is 20.4 Å². The number of rotatable bonds is 4. The van der Waals surface area contributed by atoms with Crippen molar-refractivity contribution < 1.29 is 13.6 Å². The number of oxazole rings is 1. The van der Waals surface area contributed by atoms with Crippen LogP contribution in [-0.2, 0) is 6.54 Å². The van der Waals surface area contributed by atoms with E-state index in [1.54, 1.807) is 12.1 Å². The maximum Gasteiger partial charge on any atom is 0.254 e. The number of aryl methyl sites for hydroxylation is 2. The molecule has 4 nitrogen and oxygen atoms in total. The molecule has 1 heterocycles. The largest absolute Gasteiger partial charge is 0.436 e.